The van der Waals surface area contributed by atoms with E-state index in [1.165, 1.54) is 11.8 Å². The second kappa shape index (κ2) is 3.58. The van der Waals surface area contributed by atoms with Gasteiger partial charge in [0.2, 0.25) is 0 Å². The van der Waals surface area contributed by atoms with E-state index in [9.17, 15) is 4.79 Å². The summed E-state index contributed by atoms with van der Waals surface area (Å²) in [6, 6.07) is 0. The highest BCUT2D eigenvalue weighted by molar-refractivity contribution is 8.12. The molecule has 0 spiro atoms. The Morgan fingerprint density at radius 3 is 3.20 bits per heavy atom. The molecular weight excluding hydrogens is 152 g/mol. The van der Waals surface area contributed by atoms with Gasteiger partial charge < -0.3 is 5.11 Å². The van der Waals surface area contributed by atoms with Crippen LogP contribution in [-0.2, 0) is 4.79 Å². The number of thioether (sulfide) groups is 1. The SMILES string of the molecule is O=C(O)CN1CN=CSC1. The lowest BCUT2D eigenvalue weighted by Gasteiger charge is -2.18. The van der Waals surface area contributed by atoms with Gasteiger partial charge >= 0.3 is 5.97 Å². The lowest BCUT2D eigenvalue weighted by molar-refractivity contribution is -0.138. The number of nitrogens with zero attached hydrogens (tertiary/aromatic N) is 2. The molecule has 0 fully saturated rings. The largest absolute Gasteiger partial charge is 0.480 e. The summed E-state index contributed by atoms with van der Waals surface area (Å²) in [5, 5.41) is 8.36. The van der Waals surface area contributed by atoms with Crippen LogP contribution in [0.25, 0.3) is 0 Å². The topological polar surface area (TPSA) is 52.9 Å². The van der Waals surface area contributed by atoms with Crippen molar-refractivity contribution in [2.45, 2.75) is 0 Å². The third-order valence-corrected chi connectivity index (χ3v) is 1.86. The molecule has 0 saturated carbocycles. The number of carbonyl (C=O) groups is 1. The molecule has 1 aliphatic heterocycles. The number of carboxylic acid groups (broad SMARTS) is 1. The van der Waals surface area contributed by atoms with Crippen molar-refractivity contribution in [2.75, 3.05) is 19.1 Å². The number of aliphatic carboxylic acids is 1. The smallest absolute Gasteiger partial charge is 0.317 e. The first kappa shape index (κ1) is 7.56. The highest BCUT2D eigenvalue weighted by Crippen LogP contribution is 2.05. The van der Waals surface area contributed by atoms with Gasteiger partial charge in [0, 0.05) is 0 Å². The summed E-state index contributed by atoms with van der Waals surface area (Å²) in [5.74, 6) is -0.0619. The Morgan fingerprint density at radius 2 is 2.70 bits per heavy atom. The van der Waals surface area contributed by atoms with E-state index in [0.717, 1.165) is 5.88 Å². The molecule has 56 valence electrons. The predicted molar refractivity (Wildman–Crippen MR) is 40.2 cm³/mol. The van der Waals surface area contributed by atoms with Gasteiger partial charge in [0.25, 0.3) is 0 Å². The summed E-state index contributed by atoms with van der Waals surface area (Å²) in [6.45, 7) is 0.601. The Balaban J connectivity index is 2.28. The number of hydrogen-bond donors (Lipinski definition) is 1. The second-order valence-corrected chi connectivity index (χ2v) is 2.75. The molecule has 1 heterocycles. The Hall–Kier alpha value is -0.550. The van der Waals surface area contributed by atoms with E-state index in [1.807, 2.05) is 0 Å². The Labute approximate surface area is 62.9 Å². The summed E-state index contributed by atoms with van der Waals surface area (Å²) < 4.78 is 0. The molecule has 0 amide bonds. The molecule has 10 heavy (non-hydrogen) atoms. The third kappa shape index (κ3) is 2.36. The van der Waals surface area contributed by atoms with E-state index >= 15 is 0 Å². The second-order valence-electron chi connectivity index (χ2n) is 1.95. The van der Waals surface area contributed by atoms with Crippen molar-refractivity contribution in [1.82, 2.24) is 4.90 Å². The molecule has 0 atom stereocenters. The first-order valence-electron chi connectivity index (χ1n) is 2.83. The fourth-order valence-corrected chi connectivity index (χ4v) is 1.29. The van der Waals surface area contributed by atoms with Crippen LogP contribution in [0.5, 0.6) is 0 Å². The van der Waals surface area contributed by atoms with Crippen LogP contribution in [0.3, 0.4) is 0 Å². The zero-order valence-electron chi connectivity index (χ0n) is 5.36. The molecule has 1 N–H and O–H groups in total. The monoisotopic (exact) mass is 160 g/mol. The minimum Gasteiger partial charge on any atom is -0.480 e. The maximum atomic E-state index is 10.2. The van der Waals surface area contributed by atoms with Crippen LogP contribution in [0.4, 0.5) is 0 Å². The summed E-state index contributed by atoms with van der Waals surface area (Å²) in [6.07, 6.45) is 0. The average Bonchev–Trinajstić information content (AvgIpc) is 1.88. The minimum absolute atomic E-state index is 0.0876. The van der Waals surface area contributed by atoms with Crippen LogP contribution in [0, 0.1) is 0 Å². The number of hydrogen-bond acceptors (Lipinski definition) is 4. The van der Waals surface area contributed by atoms with Crippen LogP contribution < -0.4 is 0 Å². The zero-order chi connectivity index (χ0) is 7.40. The van der Waals surface area contributed by atoms with Crippen molar-refractivity contribution in [2.24, 2.45) is 4.99 Å². The lowest BCUT2D eigenvalue weighted by Crippen LogP contribution is -2.31. The van der Waals surface area contributed by atoms with Gasteiger partial charge in [0.1, 0.15) is 0 Å². The lowest BCUT2D eigenvalue weighted by atomic mass is 10.6. The maximum absolute atomic E-state index is 10.2. The Bertz CT molecular complexity index is 160. The minimum atomic E-state index is -0.794. The van der Waals surface area contributed by atoms with Gasteiger partial charge in [0.05, 0.1) is 24.6 Å². The van der Waals surface area contributed by atoms with E-state index in [4.69, 9.17) is 5.11 Å². The third-order valence-electron chi connectivity index (χ3n) is 1.05. The van der Waals surface area contributed by atoms with Crippen LogP contribution in [0.15, 0.2) is 4.99 Å². The zero-order valence-corrected chi connectivity index (χ0v) is 6.17. The Morgan fingerprint density at radius 1 is 1.90 bits per heavy atom. The van der Waals surface area contributed by atoms with E-state index in [-0.39, 0.29) is 6.54 Å². The normalized spacial score (nSPS) is 19.2. The van der Waals surface area contributed by atoms with Crippen molar-refractivity contribution >= 4 is 23.3 Å². The summed E-state index contributed by atoms with van der Waals surface area (Å²) in [5.41, 5.74) is 1.75. The van der Waals surface area contributed by atoms with Gasteiger partial charge in [-0.05, 0) is 0 Å². The van der Waals surface area contributed by atoms with Crippen molar-refractivity contribution < 1.29 is 9.90 Å². The molecular formula is C5H8N2O2S. The van der Waals surface area contributed by atoms with Crippen LogP contribution in [0.2, 0.25) is 0 Å². The number of aliphatic imine (C=N–C) groups is 1. The summed E-state index contributed by atoms with van der Waals surface area (Å²) in [7, 11) is 0. The van der Waals surface area contributed by atoms with Gasteiger partial charge in [-0.1, -0.05) is 11.8 Å². The van der Waals surface area contributed by atoms with Gasteiger partial charge in [-0.3, -0.25) is 14.7 Å². The average molecular weight is 160 g/mol. The molecule has 0 aromatic heterocycles. The molecule has 1 aliphatic rings. The molecule has 0 bridgehead atoms. The molecule has 4 nitrogen and oxygen atoms in total. The van der Waals surface area contributed by atoms with Gasteiger partial charge in [-0.2, -0.15) is 0 Å². The maximum Gasteiger partial charge on any atom is 0.317 e. The van der Waals surface area contributed by atoms with Crippen LogP contribution in [0.1, 0.15) is 0 Å². The van der Waals surface area contributed by atoms with E-state index in [0.29, 0.717) is 6.67 Å². The first-order chi connectivity index (χ1) is 4.79. The highest BCUT2D eigenvalue weighted by atomic mass is 32.2. The van der Waals surface area contributed by atoms with Crippen molar-refractivity contribution in [3.05, 3.63) is 0 Å². The fourth-order valence-electron chi connectivity index (χ4n) is 0.668. The molecule has 0 radical (unpaired) electrons. The van der Waals surface area contributed by atoms with E-state index in [1.54, 1.807) is 10.4 Å². The van der Waals surface area contributed by atoms with Crippen molar-refractivity contribution in [3.8, 4) is 0 Å². The molecule has 0 aromatic rings. The molecule has 1 rings (SSSR count). The van der Waals surface area contributed by atoms with Gasteiger partial charge in [-0.15, -0.1) is 0 Å². The van der Waals surface area contributed by atoms with E-state index in [2.05, 4.69) is 4.99 Å². The van der Waals surface area contributed by atoms with Gasteiger partial charge in [-0.25, -0.2) is 0 Å². The molecule has 5 heteroatoms. The van der Waals surface area contributed by atoms with Crippen molar-refractivity contribution in [1.29, 1.82) is 0 Å². The fraction of sp³-hybridized carbons (Fsp3) is 0.600. The quantitative estimate of drug-likeness (QED) is 0.620. The molecule has 0 aromatic carbocycles. The number of carboxylic acids is 1. The Kier molecular flexibility index (Phi) is 2.70. The van der Waals surface area contributed by atoms with E-state index < -0.39 is 5.97 Å². The first-order valence-corrected chi connectivity index (χ1v) is 3.88. The number of rotatable bonds is 2. The van der Waals surface area contributed by atoms with Crippen LogP contribution in [-0.4, -0.2) is 40.6 Å². The molecule has 0 aliphatic carbocycles. The highest BCUT2D eigenvalue weighted by Gasteiger charge is 2.09. The molecule has 0 saturated heterocycles. The molecule has 0 unspecified atom stereocenters. The standard InChI is InChI=1S/C5H8N2O2S/c8-5(9)1-7-2-6-3-10-4-7/h3H,1-2,4H2,(H,8,9). The predicted octanol–water partition coefficient (Wildman–Crippen LogP) is 0.0631. The summed E-state index contributed by atoms with van der Waals surface area (Å²) >= 11 is 1.52. The van der Waals surface area contributed by atoms with Gasteiger partial charge in [0.15, 0.2) is 0 Å². The summed E-state index contributed by atoms with van der Waals surface area (Å²) in [4.78, 5) is 15.8. The van der Waals surface area contributed by atoms with Crippen molar-refractivity contribution in [3.63, 3.8) is 0 Å². The van der Waals surface area contributed by atoms with Crippen LogP contribution >= 0.6 is 11.8 Å².